The molecule has 2 N–H and O–H groups in total. The van der Waals surface area contributed by atoms with Crippen LogP contribution in [0, 0.1) is 5.92 Å². The number of aromatic amines is 1. The first-order chi connectivity index (χ1) is 9.24. The molecule has 5 heteroatoms. The van der Waals surface area contributed by atoms with Crippen molar-refractivity contribution in [3.8, 4) is 0 Å². The second-order valence-corrected chi connectivity index (χ2v) is 6.20. The number of anilines is 1. The van der Waals surface area contributed by atoms with Crippen molar-refractivity contribution < 1.29 is 0 Å². The molecule has 0 spiro atoms. The smallest absolute Gasteiger partial charge is 0.244 e. The van der Waals surface area contributed by atoms with E-state index in [0.717, 1.165) is 36.8 Å². The molecule has 19 heavy (non-hydrogen) atoms. The molecule has 2 aliphatic rings. The van der Waals surface area contributed by atoms with Gasteiger partial charge in [0.25, 0.3) is 0 Å². The third-order valence-corrected chi connectivity index (χ3v) is 4.53. The third kappa shape index (κ3) is 2.76. The molecule has 0 bridgehead atoms. The number of rotatable bonds is 3. The van der Waals surface area contributed by atoms with Crippen LogP contribution in [0.3, 0.4) is 0 Å². The molecule has 1 aromatic rings. The van der Waals surface area contributed by atoms with Crippen LogP contribution in [-0.2, 0) is 0 Å². The van der Waals surface area contributed by atoms with Crippen LogP contribution in [-0.4, -0.2) is 40.9 Å². The third-order valence-electron chi connectivity index (χ3n) is 4.53. The van der Waals surface area contributed by atoms with E-state index in [4.69, 9.17) is 0 Å². The highest BCUT2D eigenvalue weighted by Gasteiger charge is 2.29. The molecule has 0 aromatic carbocycles. The first kappa shape index (κ1) is 12.9. The van der Waals surface area contributed by atoms with E-state index in [9.17, 15) is 0 Å². The van der Waals surface area contributed by atoms with Crippen LogP contribution in [0.2, 0.25) is 0 Å². The van der Waals surface area contributed by atoms with E-state index >= 15 is 0 Å². The topological polar surface area (TPSA) is 56.8 Å². The molecule has 3 rings (SSSR count). The molecular weight excluding hydrogens is 238 g/mol. The van der Waals surface area contributed by atoms with Gasteiger partial charge in [-0.05, 0) is 38.1 Å². The summed E-state index contributed by atoms with van der Waals surface area (Å²) in [6.07, 6.45) is 5.25. The molecule has 0 aliphatic carbocycles. The molecule has 2 aliphatic heterocycles. The first-order valence-electron chi connectivity index (χ1n) is 7.64. The molecule has 2 saturated heterocycles. The van der Waals surface area contributed by atoms with Gasteiger partial charge in [-0.2, -0.15) is 4.98 Å². The van der Waals surface area contributed by atoms with Gasteiger partial charge in [-0.3, -0.25) is 5.10 Å². The van der Waals surface area contributed by atoms with Crippen molar-refractivity contribution in [1.29, 1.82) is 0 Å². The second kappa shape index (κ2) is 5.49. The molecule has 3 heterocycles. The van der Waals surface area contributed by atoms with E-state index in [1.165, 1.54) is 32.2 Å². The van der Waals surface area contributed by atoms with Crippen LogP contribution >= 0.6 is 0 Å². The fourth-order valence-corrected chi connectivity index (χ4v) is 3.28. The Balaban J connectivity index is 1.56. The highest BCUT2D eigenvalue weighted by atomic mass is 15.4. The maximum absolute atomic E-state index is 4.60. The molecule has 0 amide bonds. The summed E-state index contributed by atoms with van der Waals surface area (Å²) in [7, 11) is 0. The minimum absolute atomic E-state index is 0.418. The van der Waals surface area contributed by atoms with Crippen LogP contribution in [0.1, 0.15) is 51.3 Å². The Morgan fingerprint density at radius 3 is 2.58 bits per heavy atom. The van der Waals surface area contributed by atoms with Crippen LogP contribution < -0.4 is 10.2 Å². The van der Waals surface area contributed by atoms with Crippen LogP contribution in [0.4, 0.5) is 5.95 Å². The summed E-state index contributed by atoms with van der Waals surface area (Å²) in [4.78, 5) is 6.93. The Morgan fingerprint density at radius 1 is 1.21 bits per heavy atom. The van der Waals surface area contributed by atoms with Gasteiger partial charge in [0.05, 0.1) is 0 Å². The summed E-state index contributed by atoms with van der Waals surface area (Å²) in [6.45, 7) is 7.69. The fourth-order valence-electron chi connectivity index (χ4n) is 3.28. The van der Waals surface area contributed by atoms with Gasteiger partial charge in [-0.15, -0.1) is 5.10 Å². The summed E-state index contributed by atoms with van der Waals surface area (Å²) < 4.78 is 0. The molecule has 0 saturated carbocycles. The molecule has 2 fully saturated rings. The van der Waals surface area contributed by atoms with E-state index in [1.807, 2.05) is 0 Å². The van der Waals surface area contributed by atoms with Crippen molar-refractivity contribution in [1.82, 2.24) is 20.5 Å². The molecule has 0 radical (unpaired) electrons. The maximum atomic E-state index is 4.60. The quantitative estimate of drug-likeness (QED) is 0.874. The molecular formula is C14H25N5. The Bertz CT molecular complexity index is 400. The number of hydrogen-bond donors (Lipinski definition) is 2. The first-order valence-corrected chi connectivity index (χ1v) is 7.64. The number of nitrogens with one attached hydrogen (secondary N) is 2. The lowest BCUT2D eigenvalue weighted by Gasteiger charge is -2.34. The highest BCUT2D eigenvalue weighted by Crippen LogP contribution is 2.27. The molecule has 106 valence electrons. The predicted octanol–water partition coefficient (Wildman–Crippen LogP) is 1.90. The number of piperidine rings is 1. The molecule has 1 atom stereocenters. The average Bonchev–Trinajstić information content (AvgIpc) is 3.11. The molecule has 5 nitrogen and oxygen atoms in total. The SMILES string of the molecule is CC(C)c1nc(N2CCC(C3CCCN3)CC2)n[nH]1. The number of aromatic nitrogens is 3. The summed E-state index contributed by atoms with van der Waals surface area (Å²) >= 11 is 0. The Hall–Kier alpha value is -1.10. The van der Waals surface area contributed by atoms with E-state index in [-0.39, 0.29) is 0 Å². The summed E-state index contributed by atoms with van der Waals surface area (Å²) in [5.41, 5.74) is 0. The van der Waals surface area contributed by atoms with Gasteiger partial charge in [0.15, 0.2) is 0 Å². The van der Waals surface area contributed by atoms with E-state index < -0.39 is 0 Å². The Labute approximate surface area is 115 Å². The van der Waals surface area contributed by atoms with Crippen molar-refractivity contribution in [2.24, 2.45) is 5.92 Å². The molecule has 1 unspecified atom stereocenters. The van der Waals surface area contributed by atoms with Gasteiger partial charge in [0.2, 0.25) is 5.95 Å². The van der Waals surface area contributed by atoms with Crippen molar-refractivity contribution in [2.45, 2.75) is 51.5 Å². The Morgan fingerprint density at radius 2 is 2.00 bits per heavy atom. The standard InChI is InChI=1S/C14H25N5/c1-10(2)13-16-14(18-17-13)19-8-5-11(6-9-19)12-4-3-7-15-12/h10-12,15H,3-9H2,1-2H3,(H,16,17,18). The molecule has 1 aromatic heterocycles. The zero-order valence-electron chi connectivity index (χ0n) is 12.0. The monoisotopic (exact) mass is 263 g/mol. The van der Waals surface area contributed by atoms with Gasteiger partial charge in [-0.1, -0.05) is 13.8 Å². The lowest BCUT2D eigenvalue weighted by Crippen LogP contribution is -2.41. The number of H-pyrrole nitrogens is 1. The average molecular weight is 263 g/mol. The number of hydrogen-bond acceptors (Lipinski definition) is 4. The van der Waals surface area contributed by atoms with Crippen molar-refractivity contribution >= 4 is 5.95 Å². The van der Waals surface area contributed by atoms with Gasteiger partial charge in [-0.25, -0.2) is 0 Å². The zero-order valence-corrected chi connectivity index (χ0v) is 12.0. The largest absolute Gasteiger partial charge is 0.340 e. The Kier molecular flexibility index (Phi) is 3.73. The van der Waals surface area contributed by atoms with Crippen LogP contribution in [0.25, 0.3) is 0 Å². The summed E-state index contributed by atoms with van der Waals surface area (Å²) in [5.74, 6) is 3.15. The normalized spacial score (nSPS) is 25.4. The van der Waals surface area contributed by atoms with Gasteiger partial charge in [0.1, 0.15) is 5.82 Å². The summed E-state index contributed by atoms with van der Waals surface area (Å²) in [6, 6.07) is 0.764. The van der Waals surface area contributed by atoms with E-state index in [0.29, 0.717) is 5.92 Å². The van der Waals surface area contributed by atoms with Gasteiger partial charge in [0, 0.05) is 25.0 Å². The highest BCUT2D eigenvalue weighted by molar-refractivity contribution is 5.29. The van der Waals surface area contributed by atoms with E-state index in [2.05, 4.69) is 39.2 Å². The van der Waals surface area contributed by atoms with Gasteiger partial charge >= 0.3 is 0 Å². The van der Waals surface area contributed by atoms with Crippen molar-refractivity contribution in [3.63, 3.8) is 0 Å². The second-order valence-electron chi connectivity index (χ2n) is 6.20. The van der Waals surface area contributed by atoms with Crippen molar-refractivity contribution in [3.05, 3.63) is 5.82 Å². The lowest BCUT2D eigenvalue weighted by molar-refractivity contribution is 0.317. The van der Waals surface area contributed by atoms with Crippen molar-refractivity contribution in [2.75, 3.05) is 24.5 Å². The van der Waals surface area contributed by atoms with Gasteiger partial charge < -0.3 is 10.2 Å². The predicted molar refractivity (Wildman–Crippen MR) is 76.4 cm³/mol. The zero-order chi connectivity index (χ0) is 13.2. The fraction of sp³-hybridized carbons (Fsp3) is 0.857. The van der Waals surface area contributed by atoms with Crippen LogP contribution in [0.5, 0.6) is 0 Å². The maximum Gasteiger partial charge on any atom is 0.244 e. The minimum Gasteiger partial charge on any atom is -0.340 e. The number of nitrogens with zero attached hydrogens (tertiary/aromatic N) is 3. The minimum atomic E-state index is 0.418. The summed E-state index contributed by atoms with van der Waals surface area (Å²) in [5, 5.41) is 11.1. The van der Waals surface area contributed by atoms with Crippen LogP contribution in [0.15, 0.2) is 0 Å². The lowest BCUT2D eigenvalue weighted by atomic mass is 9.89. The van der Waals surface area contributed by atoms with E-state index in [1.54, 1.807) is 0 Å².